The summed E-state index contributed by atoms with van der Waals surface area (Å²) in [4.78, 5) is 48.6. The molecule has 188 valence electrons. The van der Waals surface area contributed by atoms with E-state index in [1.807, 2.05) is 0 Å². The summed E-state index contributed by atoms with van der Waals surface area (Å²) in [6.07, 6.45) is -1.49. The molecule has 2 heterocycles. The highest BCUT2D eigenvalue weighted by Crippen LogP contribution is 2.32. The van der Waals surface area contributed by atoms with Gasteiger partial charge < -0.3 is 37.8 Å². The van der Waals surface area contributed by atoms with E-state index in [0.717, 1.165) is 0 Å². The van der Waals surface area contributed by atoms with Crippen molar-refractivity contribution in [1.29, 1.82) is 0 Å². The van der Waals surface area contributed by atoms with E-state index in [0.29, 0.717) is 17.5 Å². The first-order valence-corrected chi connectivity index (χ1v) is 10.9. The number of esters is 1. The van der Waals surface area contributed by atoms with Crippen LogP contribution in [0, 0.1) is 6.92 Å². The monoisotopic (exact) mass is 501 g/mol. The Labute approximate surface area is 199 Å². The summed E-state index contributed by atoms with van der Waals surface area (Å²) in [7, 11) is 0. The smallest absolute Gasteiger partial charge is 0.461 e. The number of carbonyl (C=O) groups excluding carboxylic acids is 3. The number of alkyl carbamates (subject to hydrolysis) is 1. The molecule has 0 unspecified atom stereocenters. The van der Waals surface area contributed by atoms with Crippen molar-refractivity contribution in [2.75, 3.05) is 6.61 Å². The van der Waals surface area contributed by atoms with E-state index in [1.54, 1.807) is 34.6 Å². The summed E-state index contributed by atoms with van der Waals surface area (Å²) in [5.41, 5.74) is 0. The van der Waals surface area contributed by atoms with Crippen LogP contribution in [0.5, 0.6) is 0 Å². The van der Waals surface area contributed by atoms with Gasteiger partial charge in [-0.2, -0.15) is 0 Å². The van der Waals surface area contributed by atoms with E-state index in [-0.39, 0.29) is 29.8 Å². The zero-order chi connectivity index (χ0) is 25.6. The number of carbonyl (C=O) groups is 3. The molecule has 0 spiro atoms. The first kappa shape index (κ1) is 26.9. The summed E-state index contributed by atoms with van der Waals surface area (Å²) in [5, 5.41) is 1.66. The molecular weight excluding hydrogens is 474 g/mol. The van der Waals surface area contributed by atoms with Gasteiger partial charge in [-0.15, -0.1) is 0 Å². The van der Waals surface area contributed by atoms with E-state index >= 15 is 0 Å². The SMILES string of the molecule is C=C1OC(C)=C(COC(=O)SC(C)(C)[C@@H](NC(=O)OCc2oc(=O)oc2C)C(=O)OC(C)C)O1. The summed E-state index contributed by atoms with van der Waals surface area (Å²) in [6.45, 7) is 12.4. The predicted molar refractivity (Wildman–Crippen MR) is 117 cm³/mol. The Kier molecular flexibility index (Phi) is 8.85. The van der Waals surface area contributed by atoms with Crippen molar-refractivity contribution in [2.45, 2.75) is 65.0 Å². The zero-order valence-electron chi connectivity index (χ0n) is 19.7. The summed E-state index contributed by atoms with van der Waals surface area (Å²) >= 11 is 0.665. The van der Waals surface area contributed by atoms with Gasteiger partial charge in [-0.05, 0) is 59.9 Å². The third-order valence-corrected chi connectivity index (χ3v) is 5.33. The van der Waals surface area contributed by atoms with Gasteiger partial charge in [-0.1, -0.05) is 0 Å². The molecule has 0 saturated heterocycles. The Bertz CT molecular complexity index is 1030. The Hall–Kier alpha value is -3.35. The maximum atomic E-state index is 12.7. The largest absolute Gasteiger partial charge is 0.519 e. The molecule has 1 amide bonds. The lowest BCUT2D eigenvalue weighted by molar-refractivity contribution is -0.150. The molecule has 1 aromatic heterocycles. The molecule has 1 aliphatic heterocycles. The standard InChI is InChI=1S/C21H27NO11S/c1-10(2)29-17(23)16(22-18(24)27-8-15-12(4)31-19(25)33-15)21(6,7)34-20(26)28-9-14-11(3)30-13(5)32-14/h10,16H,5,8-9H2,1-4,6-7H3,(H,22,24)/t16-/m0/s1. The van der Waals surface area contributed by atoms with Gasteiger partial charge in [0, 0.05) is 0 Å². The fraction of sp³-hybridized carbons (Fsp3) is 0.524. The molecule has 0 aromatic carbocycles. The predicted octanol–water partition coefficient (Wildman–Crippen LogP) is 3.49. The second kappa shape index (κ2) is 11.2. The molecule has 1 aromatic rings. The van der Waals surface area contributed by atoms with Crippen molar-refractivity contribution in [1.82, 2.24) is 5.32 Å². The second-order valence-corrected chi connectivity index (χ2v) is 9.46. The number of hydrogen-bond acceptors (Lipinski definition) is 12. The quantitative estimate of drug-likeness (QED) is 0.389. The minimum atomic E-state index is -1.30. The van der Waals surface area contributed by atoms with Crippen molar-refractivity contribution >= 4 is 29.1 Å². The molecule has 0 bridgehead atoms. The number of thioether (sulfide) groups is 1. The van der Waals surface area contributed by atoms with E-state index in [1.165, 1.54) is 6.92 Å². The Morgan fingerprint density at radius 1 is 1.09 bits per heavy atom. The van der Waals surface area contributed by atoms with Gasteiger partial charge in [-0.25, -0.2) is 19.2 Å². The molecule has 0 saturated carbocycles. The highest BCUT2D eigenvalue weighted by Gasteiger charge is 2.41. The van der Waals surface area contributed by atoms with E-state index in [2.05, 4.69) is 11.9 Å². The van der Waals surface area contributed by atoms with Crippen LogP contribution in [-0.2, 0) is 35.1 Å². The van der Waals surface area contributed by atoms with Crippen LogP contribution in [0.2, 0.25) is 0 Å². The number of nitrogens with one attached hydrogen (secondary N) is 1. The van der Waals surface area contributed by atoms with Crippen molar-refractivity contribution in [2.24, 2.45) is 0 Å². The zero-order valence-corrected chi connectivity index (χ0v) is 20.5. The maximum Gasteiger partial charge on any atom is 0.519 e. The number of ether oxygens (including phenoxy) is 5. The van der Waals surface area contributed by atoms with Crippen molar-refractivity contribution in [3.8, 4) is 0 Å². The summed E-state index contributed by atoms with van der Waals surface area (Å²) in [5.74, 6) is -0.784. The van der Waals surface area contributed by atoms with Crippen LogP contribution in [0.15, 0.2) is 37.7 Å². The highest BCUT2D eigenvalue weighted by atomic mass is 32.2. The fourth-order valence-electron chi connectivity index (χ4n) is 2.63. The normalized spacial score (nSPS) is 14.4. The van der Waals surface area contributed by atoms with Crippen molar-refractivity contribution < 1.29 is 46.9 Å². The number of amides is 1. The van der Waals surface area contributed by atoms with E-state index < -0.39 is 46.7 Å². The third kappa shape index (κ3) is 7.61. The molecule has 1 atom stereocenters. The number of rotatable bonds is 9. The van der Waals surface area contributed by atoms with Gasteiger partial charge in [0.15, 0.2) is 30.5 Å². The van der Waals surface area contributed by atoms with Gasteiger partial charge in [0.05, 0.1) is 10.9 Å². The summed E-state index contributed by atoms with van der Waals surface area (Å²) in [6, 6.07) is -1.30. The van der Waals surface area contributed by atoms with Gasteiger partial charge in [0.1, 0.15) is 11.8 Å². The highest BCUT2D eigenvalue weighted by molar-refractivity contribution is 8.14. The average molecular weight is 502 g/mol. The lowest BCUT2D eigenvalue weighted by Gasteiger charge is -2.31. The molecule has 0 fully saturated rings. The molecule has 1 N–H and O–H groups in total. The molecule has 0 radical (unpaired) electrons. The first-order valence-electron chi connectivity index (χ1n) is 10.1. The molecular formula is C21H27NO11S. The average Bonchev–Trinajstić information content (AvgIpc) is 3.20. The van der Waals surface area contributed by atoms with E-state index in [9.17, 15) is 19.2 Å². The topological polar surface area (TPSA) is 153 Å². The molecule has 13 heteroatoms. The molecule has 2 rings (SSSR count). The Balaban J connectivity index is 2.04. The summed E-state index contributed by atoms with van der Waals surface area (Å²) < 4.78 is 34.0. The molecule has 34 heavy (non-hydrogen) atoms. The van der Waals surface area contributed by atoms with Crippen LogP contribution in [0.1, 0.15) is 46.1 Å². The van der Waals surface area contributed by atoms with Crippen molar-refractivity contribution in [3.63, 3.8) is 0 Å². The van der Waals surface area contributed by atoms with Gasteiger partial charge in [-0.3, -0.25) is 0 Å². The number of allylic oxidation sites excluding steroid dienone is 1. The van der Waals surface area contributed by atoms with Crippen LogP contribution in [0.4, 0.5) is 9.59 Å². The van der Waals surface area contributed by atoms with Crippen LogP contribution in [-0.4, -0.2) is 40.9 Å². The third-order valence-electron chi connectivity index (χ3n) is 4.28. The molecule has 1 aliphatic rings. The Morgan fingerprint density at radius 2 is 1.76 bits per heavy atom. The number of aryl methyl sites for hydroxylation is 1. The van der Waals surface area contributed by atoms with Crippen LogP contribution in [0.25, 0.3) is 0 Å². The van der Waals surface area contributed by atoms with Gasteiger partial charge in [0.2, 0.25) is 0 Å². The minimum Gasteiger partial charge on any atom is -0.461 e. The van der Waals surface area contributed by atoms with Crippen LogP contribution < -0.4 is 11.1 Å². The number of hydrogen-bond donors (Lipinski definition) is 1. The van der Waals surface area contributed by atoms with E-state index in [4.69, 9.17) is 32.5 Å². The Morgan fingerprint density at radius 3 is 2.29 bits per heavy atom. The van der Waals surface area contributed by atoms with Crippen LogP contribution in [0.3, 0.4) is 0 Å². The van der Waals surface area contributed by atoms with Crippen molar-refractivity contribution in [3.05, 3.63) is 46.2 Å². The minimum absolute atomic E-state index is 0.0176. The molecule has 12 nitrogen and oxygen atoms in total. The van der Waals surface area contributed by atoms with Crippen LogP contribution >= 0.6 is 11.8 Å². The maximum absolute atomic E-state index is 12.7. The van der Waals surface area contributed by atoms with Gasteiger partial charge >= 0.3 is 23.2 Å². The lowest BCUT2D eigenvalue weighted by atomic mass is 10.0. The fourth-order valence-corrected chi connectivity index (χ4v) is 3.45. The molecule has 0 aliphatic carbocycles. The second-order valence-electron chi connectivity index (χ2n) is 7.87. The van der Waals surface area contributed by atoms with Gasteiger partial charge in [0.25, 0.3) is 5.95 Å². The lowest BCUT2D eigenvalue weighted by Crippen LogP contribution is -2.54. The first-order chi connectivity index (χ1) is 15.8.